The minimum absolute atomic E-state index is 0.00787. The van der Waals surface area contributed by atoms with Gasteiger partial charge in [-0.15, -0.1) is 0 Å². The maximum absolute atomic E-state index is 13.0. The van der Waals surface area contributed by atoms with Crippen molar-refractivity contribution in [3.8, 4) is 0 Å². The van der Waals surface area contributed by atoms with E-state index in [4.69, 9.17) is 16.6 Å². The van der Waals surface area contributed by atoms with Gasteiger partial charge in [0.1, 0.15) is 11.3 Å². The van der Waals surface area contributed by atoms with Crippen LogP contribution in [0.4, 0.5) is 11.6 Å². The summed E-state index contributed by atoms with van der Waals surface area (Å²) < 4.78 is 5.82. The fraction of sp³-hybridized carbons (Fsp3) is 0.250. The predicted molar refractivity (Wildman–Crippen MR) is 108 cm³/mol. The smallest absolute Gasteiger partial charge is 0.270 e. The first-order chi connectivity index (χ1) is 13.0. The lowest BCUT2D eigenvalue weighted by Gasteiger charge is -2.28. The standard InChI is InChI=1S/C20H19N3O3S/c1-13-4-6-14(7-5-13)23-19(25)16(18(24)21-20(23)27)12-15-8-9-17(26-15)22-10-2-3-11-22/h4-9,12H,2-3,10-11H2,1H3,(H,21,24,27)/b16-12-. The van der Waals surface area contributed by atoms with Gasteiger partial charge < -0.3 is 9.32 Å². The third-order valence-electron chi connectivity index (χ3n) is 4.71. The molecule has 2 saturated heterocycles. The molecule has 2 aliphatic rings. The van der Waals surface area contributed by atoms with Crippen molar-refractivity contribution in [2.24, 2.45) is 0 Å². The van der Waals surface area contributed by atoms with Crippen LogP contribution in [-0.2, 0) is 9.59 Å². The van der Waals surface area contributed by atoms with E-state index < -0.39 is 11.8 Å². The number of carbonyl (C=O) groups is 2. The van der Waals surface area contributed by atoms with Crippen molar-refractivity contribution in [3.63, 3.8) is 0 Å². The van der Waals surface area contributed by atoms with Gasteiger partial charge in [-0.1, -0.05) is 17.7 Å². The highest BCUT2D eigenvalue weighted by molar-refractivity contribution is 7.80. The van der Waals surface area contributed by atoms with E-state index in [1.54, 1.807) is 18.2 Å². The van der Waals surface area contributed by atoms with Crippen LogP contribution >= 0.6 is 12.2 Å². The highest BCUT2D eigenvalue weighted by atomic mass is 32.1. The Morgan fingerprint density at radius 3 is 2.48 bits per heavy atom. The summed E-state index contributed by atoms with van der Waals surface area (Å²) in [5.74, 6) is 0.236. The molecular formula is C20H19N3O3S. The van der Waals surface area contributed by atoms with Crippen LogP contribution in [0.1, 0.15) is 24.2 Å². The third kappa shape index (κ3) is 3.38. The Balaban J connectivity index is 1.64. The molecule has 138 valence electrons. The molecule has 1 aromatic carbocycles. The lowest BCUT2D eigenvalue weighted by atomic mass is 10.1. The lowest BCUT2D eigenvalue weighted by Crippen LogP contribution is -2.54. The first-order valence-electron chi connectivity index (χ1n) is 8.86. The highest BCUT2D eigenvalue weighted by Gasteiger charge is 2.34. The molecule has 0 atom stereocenters. The van der Waals surface area contributed by atoms with Crippen LogP contribution < -0.4 is 15.1 Å². The molecule has 2 amide bonds. The Morgan fingerprint density at radius 2 is 1.78 bits per heavy atom. The largest absolute Gasteiger partial charge is 0.441 e. The second-order valence-electron chi connectivity index (χ2n) is 6.66. The van der Waals surface area contributed by atoms with Crippen LogP contribution in [0.5, 0.6) is 0 Å². The molecule has 2 fully saturated rings. The highest BCUT2D eigenvalue weighted by Crippen LogP contribution is 2.26. The van der Waals surface area contributed by atoms with Crippen molar-refractivity contribution < 1.29 is 14.0 Å². The minimum Gasteiger partial charge on any atom is -0.441 e. The summed E-state index contributed by atoms with van der Waals surface area (Å²) in [5, 5.41) is 2.65. The number of thiocarbonyl (C=S) groups is 1. The molecule has 0 unspecified atom stereocenters. The first-order valence-corrected chi connectivity index (χ1v) is 9.27. The van der Waals surface area contributed by atoms with Crippen molar-refractivity contribution in [1.82, 2.24) is 5.32 Å². The van der Waals surface area contributed by atoms with Gasteiger partial charge in [-0.2, -0.15) is 0 Å². The van der Waals surface area contributed by atoms with Gasteiger partial charge in [-0.3, -0.25) is 19.8 Å². The molecule has 2 aliphatic heterocycles. The molecule has 7 heteroatoms. The van der Waals surface area contributed by atoms with Crippen molar-refractivity contribution in [3.05, 3.63) is 53.3 Å². The number of rotatable bonds is 3. The summed E-state index contributed by atoms with van der Waals surface area (Å²) in [6.45, 7) is 3.87. The molecule has 0 aliphatic carbocycles. The van der Waals surface area contributed by atoms with E-state index in [2.05, 4.69) is 10.2 Å². The Hall–Kier alpha value is -2.93. The number of furan rings is 1. The predicted octanol–water partition coefficient (Wildman–Crippen LogP) is 3.02. The number of benzene rings is 1. The van der Waals surface area contributed by atoms with E-state index in [9.17, 15) is 9.59 Å². The summed E-state index contributed by atoms with van der Waals surface area (Å²) in [6, 6.07) is 11.0. The first kappa shape index (κ1) is 17.5. The van der Waals surface area contributed by atoms with Crippen molar-refractivity contribution in [1.29, 1.82) is 0 Å². The van der Waals surface area contributed by atoms with E-state index >= 15 is 0 Å². The topological polar surface area (TPSA) is 65.8 Å². The molecule has 0 radical (unpaired) electrons. The van der Waals surface area contributed by atoms with E-state index in [-0.39, 0.29) is 10.7 Å². The SMILES string of the molecule is Cc1ccc(N2C(=O)/C(=C\c3ccc(N4CCCC4)o3)C(=O)NC2=S)cc1. The fourth-order valence-electron chi connectivity index (χ4n) is 3.26. The van der Waals surface area contributed by atoms with E-state index in [0.29, 0.717) is 11.4 Å². The summed E-state index contributed by atoms with van der Waals surface area (Å²) in [7, 11) is 0. The minimum atomic E-state index is -0.521. The molecule has 0 saturated carbocycles. The monoisotopic (exact) mass is 381 g/mol. The van der Waals surface area contributed by atoms with Gasteiger partial charge >= 0.3 is 0 Å². The quantitative estimate of drug-likeness (QED) is 0.503. The van der Waals surface area contributed by atoms with Gasteiger partial charge in [-0.05, 0) is 56.3 Å². The number of carbonyl (C=O) groups excluding carboxylic acids is 2. The zero-order valence-electron chi connectivity index (χ0n) is 14.9. The van der Waals surface area contributed by atoms with Crippen LogP contribution in [-0.4, -0.2) is 30.0 Å². The number of hydrogen-bond donors (Lipinski definition) is 1. The van der Waals surface area contributed by atoms with Gasteiger partial charge in [0.05, 0.1) is 5.69 Å². The molecule has 0 spiro atoms. The normalized spacial score (nSPS) is 19.1. The average Bonchev–Trinajstić information content (AvgIpc) is 3.31. The molecule has 3 heterocycles. The molecule has 6 nitrogen and oxygen atoms in total. The average molecular weight is 381 g/mol. The molecule has 27 heavy (non-hydrogen) atoms. The van der Waals surface area contributed by atoms with Crippen LogP contribution in [0, 0.1) is 6.92 Å². The fourth-order valence-corrected chi connectivity index (χ4v) is 3.54. The Kier molecular flexibility index (Phi) is 4.53. The summed E-state index contributed by atoms with van der Waals surface area (Å²) in [5.41, 5.74) is 1.67. The van der Waals surface area contributed by atoms with Gasteiger partial charge in [0.25, 0.3) is 11.8 Å². The Bertz CT molecular complexity index is 940. The van der Waals surface area contributed by atoms with Crippen molar-refractivity contribution >= 4 is 46.8 Å². The van der Waals surface area contributed by atoms with E-state index in [1.165, 1.54) is 11.0 Å². The lowest BCUT2D eigenvalue weighted by molar-refractivity contribution is -0.122. The molecule has 2 aromatic rings. The molecule has 1 aromatic heterocycles. The number of nitrogens with zero attached hydrogens (tertiary/aromatic N) is 2. The maximum atomic E-state index is 13.0. The van der Waals surface area contributed by atoms with Crippen LogP contribution in [0.15, 0.2) is 46.4 Å². The van der Waals surface area contributed by atoms with Crippen LogP contribution in [0.2, 0.25) is 0 Å². The maximum Gasteiger partial charge on any atom is 0.270 e. The summed E-state index contributed by atoms with van der Waals surface area (Å²) in [6.07, 6.45) is 3.75. The number of aryl methyl sites for hydroxylation is 1. The zero-order valence-corrected chi connectivity index (χ0v) is 15.7. The summed E-state index contributed by atoms with van der Waals surface area (Å²) >= 11 is 5.21. The third-order valence-corrected chi connectivity index (χ3v) is 5.00. The van der Waals surface area contributed by atoms with Crippen molar-refractivity contribution in [2.45, 2.75) is 19.8 Å². The summed E-state index contributed by atoms with van der Waals surface area (Å²) in [4.78, 5) is 28.8. The van der Waals surface area contributed by atoms with E-state index in [0.717, 1.165) is 37.4 Å². The Morgan fingerprint density at radius 1 is 1.07 bits per heavy atom. The second-order valence-corrected chi connectivity index (χ2v) is 7.05. The second kappa shape index (κ2) is 7.00. The van der Waals surface area contributed by atoms with E-state index in [1.807, 2.05) is 25.1 Å². The molecule has 0 bridgehead atoms. The molecular weight excluding hydrogens is 362 g/mol. The zero-order chi connectivity index (χ0) is 19.0. The van der Waals surface area contributed by atoms with Crippen LogP contribution in [0.3, 0.4) is 0 Å². The van der Waals surface area contributed by atoms with Gasteiger partial charge in [0, 0.05) is 19.2 Å². The number of anilines is 2. The number of nitrogens with one attached hydrogen (secondary N) is 1. The van der Waals surface area contributed by atoms with Gasteiger partial charge in [-0.25, -0.2) is 0 Å². The number of hydrogen-bond acceptors (Lipinski definition) is 5. The molecule has 1 N–H and O–H groups in total. The molecule has 4 rings (SSSR count). The van der Waals surface area contributed by atoms with Gasteiger partial charge in [0.15, 0.2) is 11.0 Å². The van der Waals surface area contributed by atoms with Crippen molar-refractivity contribution in [2.75, 3.05) is 22.9 Å². The van der Waals surface area contributed by atoms with Gasteiger partial charge in [0.2, 0.25) is 0 Å². The Labute approximate surface area is 162 Å². The van der Waals surface area contributed by atoms with Crippen LogP contribution in [0.25, 0.3) is 6.08 Å². The number of amides is 2.